The van der Waals surface area contributed by atoms with Crippen LogP contribution < -0.4 is 0 Å². The van der Waals surface area contributed by atoms with E-state index in [1.165, 1.54) is 0 Å². The molecule has 2 aliphatic rings. The van der Waals surface area contributed by atoms with E-state index in [1.807, 2.05) is 24.3 Å². The van der Waals surface area contributed by atoms with Crippen LogP contribution in [0.2, 0.25) is 0 Å². The Bertz CT molecular complexity index is 557. The van der Waals surface area contributed by atoms with Crippen LogP contribution in [0.1, 0.15) is 17.5 Å². The molecule has 1 atom stereocenters. The molecule has 98 valence electrons. The van der Waals surface area contributed by atoms with Gasteiger partial charge < -0.3 is 14.8 Å². The Morgan fingerprint density at radius 1 is 1.26 bits per heavy atom. The van der Waals surface area contributed by atoms with Crippen molar-refractivity contribution in [2.75, 3.05) is 0 Å². The molecule has 6 nitrogen and oxygen atoms in total. The van der Waals surface area contributed by atoms with Gasteiger partial charge in [-0.05, 0) is 11.1 Å². The number of carbonyl (C=O) groups excluding carboxylic acids is 1. The van der Waals surface area contributed by atoms with Crippen molar-refractivity contribution < 1.29 is 19.5 Å². The van der Waals surface area contributed by atoms with Crippen LogP contribution in [0, 0.1) is 0 Å². The Balaban J connectivity index is 1.67. The van der Waals surface area contributed by atoms with E-state index in [4.69, 9.17) is 9.94 Å². The third-order valence-corrected chi connectivity index (χ3v) is 3.34. The lowest BCUT2D eigenvalue weighted by Gasteiger charge is -2.18. The Kier molecular flexibility index (Phi) is 2.70. The molecule has 6 heteroatoms. The summed E-state index contributed by atoms with van der Waals surface area (Å²) < 4.78 is 0. The van der Waals surface area contributed by atoms with Crippen LogP contribution in [0.15, 0.2) is 29.4 Å². The van der Waals surface area contributed by atoms with Crippen molar-refractivity contribution in [1.29, 1.82) is 0 Å². The number of aliphatic carboxylic acids is 1. The second-order valence-electron chi connectivity index (χ2n) is 4.60. The van der Waals surface area contributed by atoms with Crippen molar-refractivity contribution in [1.82, 2.24) is 4.90 Å². The molecule has 1 aromatic rings. The van der Waals surface area contributed by atoms with E-state index in [0.717, 1.165) is 11.1 Å². The molecule has 2 aliphatic heterocycles. The Morgan fingerprint density at radius 3 is 2.42 bits per heavy atom. The van der Waals surface area contributed by atoms with E-state index in [0.29, 0.717) is 13.1 Å². The van der Waals surface area contributed by atoms with Gasteiger partial charge in [0.2, 0.25) is 6.10 Å². The fraction of sp³-hybridized carbons (Fsp3) is 0.308. The third kappa shape index (κ3) is 2.05. The normalized spacial score (nSPS) is 20.7. The Labute approximate surface area is 109 Å². The zero-order valence-corrected chi connectivity index (χ0v) is 10.1. The minimum absolute atomic E-state index is 0.0288. The summed E-state index contributed by atoms with van der Waals surface area (Å²) in [5.74, 6) is -1.35. The smallest absolute Gasteiger partial charge is 0.353 e. The predicted octanol–water partition coefficient (Wildman–Crippen LogP) is 0.758. The first-order chi connectivity index (χ1) is 9.15. The van der Waals surface area contributed by atoms with Gasteiger partial charge in [0.25, 0.3) is 5.91 Å². The van der Waals surface area contributed by atoms with Crippen LogP contribution in [-0.4, -0.2) is 33.7 Å². The van der Waals surface area contributed by atoms with E-state index in [-0.39, 0.29) is 18.0 Å². The van der Waals surface area contributed by atoms with Crippen LogP contribution in [0.4, 0.5) is 0 Å². The maximum Gasteiger partial charge on any atom is 0.353 e. The Hall–Kier alpha value is -2.37. The molecule has 0 spiro atoms. The number of hydrogen-bond donors (Lipinski definition) is 1. The number of amides is 1. The van der Waals surface area contributed by atoms with Crippen LogP contribution >= 0.6 is 0 Å². The molecule has 0 fully saturated rings. The molecule has 0 saturated carbocycles. The second kappa shape index (κ2) is 4.38. The summed E-state index contributed by atoms with van der Waals surface area (Å²) in [6.07, 6.45) is -0.776. The summed E-state index contributed by atoms with van der Waals surface area (Å²) in [6.45, 7) is 1.08. The number of fused-ring (bicyclic) bond motifs is 1. The lowest BCUT2D eigenvalue weighted by Crippen LogP contribution is -2.36. The van der Waals surface area contributed by atoms with Crippen LogP contribution in [0.5, 0.6) is 0 Å². The van der Waals surface area contributed by atoms with Gasteiger partial charge in [0.05, 0.1) is 0 Å². The maximum absolute atomic E-state index is 12.2. The minimum atomic E-state index is -1.14. The number of oxime groups is 1. The molecule has 0 bridgehead atoms. The van der Waals surface area contributed by atoms with Gasteiger partial charge in [0.15, 0.2) is 5.71 Å². The molecule has 1 N–H and O–H groups in total. The average molecular weight is 260 g/mol. The van der Waals surface area contributed by atoms with E-state index in [9.17, 15) is 9.59 Å². The number of carbonyl (C=O) groups is 2. The first-order valence-corrected chi connectivity index (χ1v) is 5.96. The molecule has 2 heterocycles. The molecule has 0 aliphatic carbocycles. The van der Waals surface area contributed by atoms with Gasteiger partial charge in [-0.15, -0.1) is 0 Å². The van der Waals surface area contributed by atoms with Crippen LogP contribution in [-0.2, 0) is 27.5 Å². The number of nitrogens with zero attached hydrogens (tertiary/aromatic N) is 2. The monoisotopic (exact) mass is 260 g/mol. The van der Waals surface area contributed by atoms with Crippen molar-refractivity contribution in [2.24, 2.45) is 5.16 Å². The lowest BCUT2D eigenvalue weighted by molar-refractivity contribution is -0.142. The van der Waals surface area contributed by atoms with E-state index in [1.54, 1.807) is 4.90 Å². The highest BCUT2D eigenvalue weighted by Crippen LogP contribution is 2.24. The van der Waals surface area contributed by atoms with E-state index < -0.39 is 12.1 Å². The summed E-state index contributed by atoms with van der Waals surface area (Å²) >= 11 is 0. The molecule has 3 rings (SSSR count). The third-order valence-electron chi connectivity index (χ3n) is 3.34. The number of carboxylic acids is 1. The zero-order chi connectivity index (χ0) is 13.4. The van der Waals surface area contributed by atoms with Crippen molar-refractivity contribution >= 4 is 17.6 Å². The fourth-order valence-corrected chi connectivity index (χ4v) is 2.33. The summed E-state index contributed by atoms with van der Waals surface area (Å²) in [7, 11) is 0. The van der Waals surface area contributed by atoms with Crippen molar-refractivity contribution in [3.05, 3.63) is 35.4 Å². The molecule has 1 amide bonds. The van der Waals surface area contributed by atoms with Gasteiger partial charge in [-0.3, -0.25) is 4.79 Å². The zero-order valence-electron chi connectivity index (χ0n) is 10.1. The summed E-state index contributed by atoms with van der Waals surface area (Å²) in [5, 5.41) is 12.2. The highest BCUT2D eigenvalue weighted by atomic mass is 16.6. The summed E-state index contributed by atoms with van der Waals surface area (Å²) in [6, 6.07) is 7.84. The number of hydrogen-bond acceptors (Lipinski definition) is 4. The maximum atomic E-state index is 12.2. The summed E-state index contributed by atoms with van der Waals surface area (Å²) in [5.41, 5.74) is 2.14. The number of benzene rings is 1. The standard InChI is InChI=1S/C13H12N2O4/c16-12(11-5-10(13(17)18)14-19-11)15-6-8-3-1-2-4-9(8)7-15/h1-4,11H,5-7H2,(H,17,18). The predicted molar refractivity (Wildman–Crippen MR) is 65.3 cm³/mol. The van der Waals surface area contributed by atoms with E-state index in [2.05, 4.69) is 5.16 Å². The number of rotatable bonds is 2. The highest BCUT2D eigenvalue weighted by molar-refractivity contribution is 6.36. The van der Waals surface area contributed by atoms with Gasteiger partial charge in [0, 0.05) is 19.5 Å². The molecule has 19 heavy (non-hydrogen) atoms. The van der Waals surface area contributed by atoms with Crippen LogP contribution in [0.25, 0.3) is 0 Å². The largest absolute Gasteiger partial charge is 0.477 e. The molecule has 0 aromatic heterocycles. The average Bonchev–Trinajstić information content (AvgIpc) is 3.04. The second-order valence-corrected chi connectivity index (χ2v) is 4.60. The molecule has 1 aromatic carbocycles. The van der Waals surface area contributed by atoms with Gasteiger partial charge >= 0.3 is 5.97 Å². The fourth-order valence-electron chi connectivity index (χ4n) is 2.33. The molecule has 0 saturated heterocycles. The summed E-state index contributed by atoms with van der Waals surface area (Å²) in [4.78, 5) is 29.5. The van der Waals surface area contributed by atoms with Gasteiger partial charge in [0.1, 0.15) is 0 Å². The topological polar surface area (TPSA) is 79.2 Å². The number of carboxylic acid groups (broad SMARTS) is 1. The molecule has 0 radical (unpaired) electrons. The van der Waals surface area contributed by atoms with Crippen LogP contribution in [0.3, 0.4) is 0 Å². The first-order valence-electron chi connectivity index (χ1n) is 5.96. The minimum Gasteiger partial charge on any atom is -0.477 e. The SMILES string of the molecule is O=C(O)C1=NOC(C(=O)N2Cc3ccccc3C2)C1. The van der Waals surface area contributed by atoms with Gasteiger partial charge in [-0.1, -0.05) is 29.4 Å². The van der Waals surface area contributed by atoms with Crippen molar-refractivity contribution in [2.45, 2.75) is 25.6 Å². The van der Waals surface area contributed by atoms with Gasteiger partial charge in [-0.2, -0.15) is 0 Å². The first kappa shape index (κ1) is 11.7. The Morgan fingerprint density at radius 2 is 1.89 bits per heavy atom. The van der Waals surface area contributed by atoms with Crippen molar-refractivity contribution in [3.63, 3.8) is 0 Å². The lowest BCUT2D eigenvalue weighted by atomic mass is 10.1. The molecule has 1 unspecified atom stereocenters. The van der Waals surface area contributed by atoms with E-state index >= 15 is 0 Å². The molecular formula is C13H12N2O4. The molecular weight excluding hydrogens is 248 g/mol. The quantitative estimate of drug-likeness (QED) is 0.851. The van der Waals surface area contributed by atoms with Crippen molar-refractivity contribution in [3.8, 4) is 0 Å². The highest BCUT2D eigenvalue weighted by Gasteiger charge is 2.36. The van der Waals surface area contributed by atoms with Gasteiger partial charge in [-0.25, -0.2) is 4.79 Å².